The van der Waals surface area contributed by atoms with Gasteiger partial charge in [-0.2, -0.15) is 0 Å². The van der Waals surface area contributed by atoms with Crippen LogP contribution in [0.2, 0.25) is 0 Å². The Kier molecular flexibility index (Phi) is 4.78. The van der Waals surface area contributed by atoms with Crippen molar-refractivity contribution in [2.75, 3.05) is 6.54 Å². The molecule has 5 nitrogen and oxygen atoms in total. The Morgan fingerprint density at radius 1 is 1.32 bits per heavy atom. The normalized spacial score (nSPS) is 17.8. The van der Waals surface area contributed by atoms with E-state index in [0.717, 1.165) is 36.0 Å². The van der Waals surface area contributed by atoms with Crippen LogP contribution in [-0.2, 0) is 4.74 Å². The van der Waals surface area contributed by atoms with E-state index in [-0.39, 0.29) is 17.7 Å². The second kappa shape index (κ2) is 6.71. The van der Waals surface area contributed by atoms with Crippen molar-refractivity contribution in [2.24, 2.45) is 0 Å². The number of carbonyl (C=O) groups is 1. The molecule has 1 saturated carbocycles. The molecule has 2 N–H and O–H groups in total. The quantitative estimate of drug-likeness (QED) is 0.836. The van der Waals surface area contributed by atoms with Crippen LogP contribution in [0.3, 0.4) is 0 Å². The number of para-hydroxylation sites is 1. The third-order valence-corrected chi connectivity index (χ3v) is 4.69. The van der Waals surface area contributed by atoms with Gasteiger partial charge >= 0.3 is 6.09 Å². The molecule has 1 aromatic carbocycles. The summed E-state index contributed by atoms with van der Waals surface area (Å²) < 4.78 is 11.3. The lowest BCUT2D eigenvalue weighted by Crippen LogP contribution is -2.60. The first-order valence-corrected chi connectivity index (χ1v) is 8.99. The molecule has 1 aliphatic carbocycles. The van der Waals surface area contributed by atoms with Crippen molar-refractivity contribution in [1.29, 1.82) is 0 Å². The highest BCUT2D eigenvalue weighted by atomic mass is 16.6. The summed E-state index contributed by atoms with van der Waals surface area (Å²) in [4.78, 5) is 12.1. The monoisotopic (exact) mass is 344 g/mol. The molecule has 0 bridgehead atoms. The topological polar surface area (TPSA) is 63.5 Å². The van der Waals surface area contributed by atoms with Crippen molar-refractivity contribution in [3.05, 3.63) is 36.1 Å². The molecule has 0 saturated heterocycles. The number of ether oxygens (including phenoxy) is 1. The maximum atomic E-state index is 12.1. The minimum atomic E-state index is -0.482. The zero-order chi connectivity index (χ0) is 18.1. The molecule has 3 rings (SSSR count). The van der Waals surface area contributed by atoms with Gasteiger partial charge in [-0.15, -0.1) is 0 Å². The van der Waals surface area contributed by atoms with Gasteiger partial charge in [-0.25, -0.2) is 4.79 Å². The zero-order valence-electron chi connectivity index (χ0n) is 15.5. The third kappa shape index (κ3) is 4.34. The summed E-state index contributed by atoms with van der Waals surface area (Å²) in [5.74, 6) is 0.910. The molecule has 0 radical (unpaired) electrons. The van der Waals surface area contributed by atoms with E-state index in [1.807, 2.05) is 45.0 Å². The molecule has 0 spiro atoms. The predicted molar refractivity (Wildman–Crippen MR) is 98.6 cm³/mol. The summed E-state index contributed by atoms with van der Waals surface area (Å²) in [7, 11) is 0. The molecule has 5 heteroatoms. The van der Waals surface area contributed by atoms with E-state index < -0.39 is 5.60 Å². The average Bonchev–Trinajstić information content (AvgIpc) is 2.91. The van der Waals surface area contributed by atoms with Crippen LogP contribution in [0, 0.1) is 0 Å². The summed E-state index contributed by atoms with van der Waals surface area (Å²) >= 11 is 0. The fourth-order valence-corrected chi connectivity index (χ4v) is 3.13. The number of fused-ring (bicyclic) bond motifs is 1. The van der Waals surface area contributed by atoms with Crippen LogP contribution < -0.4 is 10.6 Å². The van der Waals surface area contributed by atoms with Gasteiger partial charge in [0.05, 0.1) is 11.6 Å². The van der Waals surface area contributed by atoms with E-state index in [2.05, 4.69) is 23.6 Å². The Bertz CT molecular complexity index is 708. The maximum absolute atomic E-state index is 12.1. The number of benzene rings is 1. The molecule has 25 heavy (non-hydrogen) atoms. The van der Waals surface area contributed by atoms with E-state index >= 15 is 0 Å². The van der Waals surface area contributed by atoms with E-state index in [0.29, 0.717) is 6.54 Å². The molecule has 1 amide bonds. The smallest absolute Gasteiger partial charge is 0.408 e. The van der Waals surface area contributed by atoms with Crippen molar-refractivity contribution in [1.82, 2.24) is 10.6 Å². The second-order valence-corrected chi connectivity index (χ2v) is 8.05. The fourth-order valence-electron chi connectivity index (χ4n) is 3.13. The summed E-state index contributed by atoms with van der Waals surface area (Å²) in [6, 6.07) is 10.2. The molecule has 0 aliphatic heterocycles. The lowest BCUT2D eigenvalue weighted by atomic mass is 9.76. The number of hydrogen-bond acceptors (Lipinski definition) is 4. The Morgan fingerprint density at radius 2 is 2.04 bits per heavy atom. The van der Waals surface area contributed by atoms with Crippen LogP contribution in [0.25, 0.3) is 11.0 Å². The van der Waals surface area contributed by atoms with Crippen molar-refractivity contribution >= 4 is 17.1 Å². The summed E-state index contributed by atoms with van der Waals surface area (Å²) in [5, 5.41) is 7.68. The number of alkyl carbamates (subject to hydrolysis) is 1. The number of hydrogen-bond donors (Lipinski definition) is 2. The molecule has 1 atom stereocenters. The Balaban J connectivity index is 1.59. The Hall–Kier alpha value is -2.01. The standard InChI is InChI=1S/C20H28N2O3/c1-14(17-12-15-8-5-6-9-16(15)24-17)21-13-20(10-7-11-20)22-18(23)25-19(2,3)4/h5-6,8-9,12,14,21H,7,10-11,13H2,1-4H3,(H,22,23). The minimum Gasteiger partial charge on any atom is -0.459 e. The second-order valence-electron chi connectivity index (χ2n) is 8.05. The lowest BCUT2D eigenvalue weighted by Gasteiger charge is -2.43. The predicted octanol–water partition coefficient (Wildman–Crippen LogP) is 4.53. The van der Waals surface area contributed by atoms with Crippen LogP contribution >= 0.6 is 0 Å². The number of rotatable bonds is 5. The van der Waals surface area contributed by atoms with Gasteiger partial charge in [0.25, 0.3) is 0 Å². The van der Waals surface area contributed by atoms with Crippen molar-refractivity contribution in [3.63, 3.8) is 0 Å². The van der Waals surface area contributed by atoms with Gasteiger partial charge in [0, 0.05) is 11.9 Å². The van der Waals surface area contributed by atoms with E-state index in [9.17, 15) is 4.79 Å². The van der Waals surface area contributed by atoms with Gasteiger partial charge in [0.15, 0.2) is 0 Å². The minimum absolute atomic E-state index is 0.0744. The van der Waals surface area contributed by atoms with Gasteiger partial charge in [-0.05, 0) is 59.1 Å². The summed E-state index contributed by atoms with van der Waals surface area (Å²) in [5.41, 5.74) is 0.198. The van der Waals surface area contributed by atoms with Crippen LogP contribution in [0.4, 0.5) is 4.79 Å². The van der Waals surface area contributed by atoms with Gasteiger partial charge in [-0.3, -0.25) is 0 Å². The highest BCUT2D eigenvalue weighted by molar-refractivity contribution is 5.77. The van der Waals surface area contributed by atoms with Crippen LogP contribution in [0.15, 0.2) is 34.7 Å². The van der Waals surface area contributed by atoms with Gasteiger partial charge in [0.2, 0.25) is 0 Å². The van der Waals surface area contributed by atoms with E-state index in [1.165, 1.54) is 0 Å². The molecule has 1 unspecified atom stereocenters. The van der Waals surface area contributed by atoms with Crippen molar-refractivity contribution in [2.45, 2.75) is 64.1 Å². The maximum Gasteiger partial charge on any atom is 0.408 e. The molecular formula is C20H28N2O3. The van der Waals surface area contributed by atoms with Crippen molar-refractivity contribution < 1.29 is 13.9 Å². The molecule has 2 aromatic rings. The molecule has 1 aliphatic rings. The fraction of sp³-hybridized carbons (Fsp3) is 0.550. The third-order valence-electron chi connectivity index (χ3n) is 4.69. The Labute approximate surface area is 149 Å². The first-order valence-electron chi connectivity index (χ1n) is 8.99. The van der Waals surface area contributed by atoms with Gasteiger partial charge in [0.1, 0.15) is 16.9 Å². The molecule has 1 fully saturated rings. The molecular weight excluding hydrogens is 316 g/mol. The van der Waals surface area contributed by atoms with Gasteiger partial charge < -0.3 is 19.8 Å². The number of furan rings is 1. The number of carbonyl (C=O) groups excluding carboxylic acids is 1. The van der Waals surface area contributed by atoms with Crippen LogP contribution in [-0.4, -0.2) is 23.8 Å². The number of nitrogens with one attached hydrogen (secondary N) is 2. The SMILES string of the molecule is CC(NCC1(NC(=O)OC(C)(C)C)CCC1)c1cc2ccccc2o1. The van der Waals surface area contributed by atoms with Crippen LogP contribution in [0.1, 0.15) is 58.8 Å². The molecule has 1 heterocycles. The Morgan fingerprint density at radius 3 is 2.64 bits per heavy atom. The zero-order valence-corrected chi connectivity index (χ0v) is 15.5. The van der Waals surface area contributed by atoms with Crippen molar-refractivity contribution in [3.8, 4) is 0 Å². The summed E-state index contributed by atoms with van der Waals surface area (Å²) in [6.45, 7) is 8.41. The average molecular weight is 344 g/mol. The first-order chi connectivity index (χ1) is 11.8. The highest BCUT2D eigenvalue weighted by Gasteiger charge is 2.39. The van der Waals surface area contributed by atoms with E-state index in [1.54, 1.807) is 0 Å². The van der Waals surface area contributed by atoms with E-state index in [4.69, 9.17) is 9.15 Å². The molecule has 1 aromatic heterocycles. The first kappa shape index (κ1) is 17.8. The lowest BCUT2D eigenvalue weighted by molar-refractivity contribution is 0.0379. The summed E-state index contributed by atoms with van der Waals surface area (Å²) in [6.07, 6.45) is 2.71. The van der Waals surface area contributed by atoms with Gasteiger partial charge in [-0.1, -0.05) is 18.2 Å². The highest BCUT2D eigenvalue weighted by Crippen LogP contribution is 2.32. The number of amides is 1. The largest absolute Gasteiger partial charge is 0.459 e. The van der Waals surface area contributed by atoms with Crippen LogP contribution in [0.5, 0.6) is 0 Å². The molecule has 136 valence electrons.